The number of nitrogens with one attached hydrogen (secondary N) is 1. The van der Waals surface area contributed by atoms with Crippen LogP contribution in [0.15, 0.2) is 60.7 Å². The summed E-state index contributed by atoms with van der Waals surface area (Å²) >= 11 is 0. The molecule has 4 heteroatoms. The normalized spacial score (nSPS) is 10.5. The molecule has 4 nitrogen and oxygen atoms in total. The molecule has 0 aliphatic carbocycles. The second kappa shape index (κ2) is 6.35. The van der Waals surface area contributed by atoms with E-state index in [0.717, 1.165) is 5.56 Å². The van der Waals surface area contributed by atoms with Gasteiger partial charge in [-0.2, -0.15) is 0 Å². The number of nitro benzene ring substituents is 1. The minimum Gasteiger partial charge on any atom is -0.376 e. The summed E-state index contributed by atoms with van der Waals surface area (Å²) in [7, 11) is 0. The SMILES string of the molecule is O=[N+]([O-])c1ccccc1NCC=Cc1ccccc1. The molecule has 0 saturated heterocycles. The lowest BCUT2D eigenvalue weighted by molar-refractivity contribution is -0.383. The molecule has 2 aromatic rings. The summed E-state index contributed by atoms with van der Waals surface area (Å²) in [6.07, 6.45) is 3.91. The van der Waals surface area contributed by atoms with Crippen LogP contribution in [-0.4, -0.2) is 11.5 Å². The molecule has 2 aromatic carbocycles. The standard InChI is InChI=1S/C15H14N2O2/c18-17(19)15-11-5-4-10-14(15)16-12-6-9-13-7-2-1-3-8-13/h1-11,16H,12H2. The van der Waals surface area contributed by atoms with Gasteiger partial charge in [-0.3, -0.25) is 10.1 Å². The van der Waals surface area contributed by atoms with E-state index in [1.807, 2.05) is 42.5 Å². The van der Waals surface area contributed by atoms with E-state index in [4.69, 9.17) is 0 Å². The molecule has 0 atom stereocenters. The third-order valence-electron chi connectivity index (χ3n) is 2.62. The first-order valence-corrected chi connectivity index (χ1v) is 5.96. The topological polar surface area (TPSA) is 55.2 Å². The Kier molecular flexibility index (Phi) is 4.29. The van der Waals surface area contributed by atoms with E-state index >= 15 is 0 Å². The Morgan fingerprint density at radius 3 is 2.47 bits per heavy atom. The number of hydrogen-bond donors (Lipinski definition) is 1. The zero-order valence-electron chi connectivity index (χ0n) is 10.3. The van der Waals surface area contributed by atoms with Crippen molar-refractivity contribution < 1.29 is 4.92 Å². The minimum atomic E-state index is -0.386. The van der Waals surface area contributed by atoms with Gasteiger partial charge in [0.1, 0.15) is 5.69 Å². The van der Waals surface area contributed by atoms with Crippen LogP contribution >= 0.6 is 0 Å². The maximum atomic E-state index is 10.8. The van der Waals surface area contributed by atoms with Crippen LogP contribution in [-0.2, 0) is 0 Å². The van der Waals surface area contributed by atoms with E-state index in [1.165, 1.54) is 6.07 Å². The fourth-order valence-corrected chi connectivity index (χ4v) is 1.71. The van der Waals surface area contributed by atoms with Crippen molar-refractivity contribution >= 4 is 17.5 Å². The van der Waals surface area contributed by atoms with Crippen molar-refractivity contribution in [2.45, 2.75) is 0 Å². The number of rotatable bonds is 5. The smallest absolute Gasteiger partial charge is 0.292 e. The second-order valence-corrected chi connectivity index (χ2v) is 3.97. The molecule has 0 saturated carbocycles. The Balaban J connectivity index is 1.96. The summed E-state index contributed by atoms with van der Waals surface area (Å²) in [5.74, 6) is 0. The summed E-state index contributed by atoms with van der Waals surface area (Å²) < 4.78 is 0. The maximum absolute atomic E-state index is 10.8. The Labute approximate surface area is 111 Å². The molecular weight excluding hydrogens is 240 g/mol. The lowest BCUT2D eigenvalue weighted by Gasteiger charge is -2.03. The van der Waals surface area contributed by atoms with Crippen LogP contribution in [0.1, 0.15) is 5.56 Å². The lowest BCUT2D eigenvalue weighted by Crippen LogP contribution is -2.01. The highest BCUT2D eigenvalue weighted by Crippen LogP contribution is 2.22. The van der Waals surface area contributed by atoms with Gasteiger partial charge < -0.3 is 5.32 Å². The van der Waals surface area contributed by atoms with Gasteiger partial charge in [-0.1, -0.05) is 54.6 Å². The number of nitro groups is 1. The van der Waals surface area contributed by atoms with Crippen LogP contribution in [0.3, 0.4) is 0 Å². The van der Waals surface area contributed by atoms with Crippen molar-refractivity contribution in [1.29, 1.82) is 0 Å². The molecule has 0 aliphatic rings. The molecule has 0 radical (unpaired) electrons. The maximum Gasteiger partial charge on any atom is 0.292 e. The van der Waals surface area contributed by atoms with Crippen molar-refractivity contribution in [2.75, 3.05) is 11.9 Å². The zero-order valence-corrected chi connectivity index (χ0v) is 10.3. The van der Waals surface area contributed by atoms with E-state index in [0.29, 0.717) is 12.2 Å². The van der Waals surface area contributed by atoms with Gasteiger partial charge in [-0.15, -0.1) is 0 Å². The number of para-hydroxylation sites is 2. The van der Waals surface area contributed by atoms with Crippen LogP contribution in [0.4, 0.5) is 11.4 Å². The summed E-state index contributed by atoms with van der Waals surface area (Å²) in [5.41, 5.74) is 1.73. The summed E-state index contributed by atoms with van der Waals surface area (Å²) in [5, 5.41) is 13.9. The molecular formula is C15H14N2O2. The van der Waals surface area contributed by atoms with Crippen molar-refractivity contribution in [3.05, 3.63) is 76.4 Å². The van der Waals surface area contributed by atoms with E-state index in [9.17, 15) is 10.1 Å². The van der Waals surface area contributed by atoms with Gasteiger partial charge in [0, 0.05) is 12.6 Å². The molecule has 96 valence electrons. The highest BCUT2D eigenvalue weighted by atomic mass is 16.6. The van der Waals surface area contributed by atoms with Gasteiger partial charge in [0.25, 0.3) is 5.69 Å². The molecule has 0 fully saturated rings. The Bertz CT molecular complexity index is 580. The average molecular weight is 254 g/mol. The number of hydrogen-bond acceptors (Lipinski definition) is 3. The zero-order chi connectivity index (χ0) is 13.5. The predicted octanol–water partition coefficient (Wildman–Crippen LogP) is 3.72. The van der Waals surface area contributed by atoms with E-state index < -0.39 is 0 Å². The van der Waals surface area contributed by atoms with E-state index in [-0.39, 0.29) is 10.6 Å². The van der Waals surface area contributed by atoms with Crippen molar-refractivity contribution in [3.8, 4) is 0 Å². The molecule has 0 bridgehead atoms. The largest absolute Gasteiger partial charge is 0.376 e. The molecule has 0 aromatic heterocycles. The van der Waals surface area contributed by atoms with Crippen LogP contribution in [0.5, 0.6) is 0 Å². The van der Waals surface area contributed by atoms with Crippen LogP contribution < -0.4 is 5.32 Å². The fraction of sp³-hybridized carbons (Fsp3) is 0.0667. The Morgan fingerprint density at radius 2 is 1.74 bits per heavy atom. The summed E-state index contributed by atoms with van der Waals surface area (Å²) in [6, 6.07) is 16.5. The van der Waals surface area contributed by atoms with Crippen LogP contribution in [0, 0.1) is 10.1 Å². The van der Waals surface area contributed by atoms with Gasteiger partial charge in [0.15, 0.2) is 0 Å². The third-order valence-corrected chi connectivity index (χ3v) is 2.62. The van der Waals surface area contributed by atoms with Gasteiger partial charge in [0.2, 0.25) is 0 Å². The first-order valence-electron chi connectivity index (χ1n) is 5.96. The Morgan fingerprint density at radius 1 is 1.05 bits per heavy atom. The van der Waals surface area contributed by atoms with Crippen LogP contribution in [0.2, 0.25) is 0 Å². The Hall–Kier alpha value is -2.62. The molecule has 0 spiro atoms. The van der Waals surface area contributed by atoms with Crippen LogP contribution in [0.25, 0.3) is 6.08 Å². The third kappa shape index (κ3) is 3.67. The highest BCUT2D eigenvalue weighted by Gasteiger charge is 2.10. The molecule has 0 aliphatic heterocycles. The highest BCUT2D eigenvalue weighted by molar-refractivity contribution is 5.61. The molecule has 1 N–H and O–H groups in total. The first kappa shape index (κ1) is 12.8. The van der Waals surface area contributed by atoms with Gasteiger partial charge >= 0.3 is 0 Å². The number of anilines is 1. The molecule has 0 unspecified atom stereocenters. The average Bonchev–Trinajstić information content (AvgIpc) is 2.45. The number of nitrogens with zero attached hydrogens (tertiary/aromatic N) is 1. The predicted molar refractivity (Wildman–Crippen MR) is 77.1 cm³/mol. The van der Waals surface area contributed by atoms with Gasteiger partial charge in [-0.25, -0.2) is 0 Å². The van der Waals surface area contributed by atoms with E-state index in [2.05, 4.69) is 5.32 Å². The summed E-state index contributed by atoms with van der Waals surface area (Å²) in [6.45, 7) is 0.541. The summed E-state index contributed by atoms with van der Waals surface area (Å²) in [4.78, 5) is 10.4. The van der Waals surface area contributed by atoms with Gasteiger partial charge in [-0.05, 0) is 11.6 Å². The van der Waals surface area contributed by atoms with Gasteiger partial charge in [0.05, 0.1) is 4.92 Å². The second-order valence-electron chi connectivity index (χ2n) is 3.97. The fourth-order valence-electron chi connectivity index (χ4n) is 1.71. The monoisotopic (exact) mass is 254 g/mol. The molecule has 0 amide bonds. The van der Waals surface area contributed by atoms with Crippen molar-refractivity contribution in [3.63, 3.8) is 0 Å². The molecule has 19 heavy (non-hydrogen) atoms. The molecule has 2 rings (SSSR count). The van der Waals surface area contributed by atoms with Crippen molar-refractivity contribution in [1.82, 2.24) is 0 Å². The first-order chi connectivity index (χ1) is 9.27. The minimum absolute atomic E-state index is 0.0932. The number of benzene rings is 2. The van der Waals surface area contributed by atoms with Crippen molar-refractivity contribution in [2.24, 2.45) is 0 Å². The quantitative estimate of drug-likeness (QED) is 0.653. The molecule has 0 heterocycles. The lowest BCUT2D eigenvalue weighted by atomic mass is 10.2. The van der Waals surface area contributed by atoms with E-state index in [1.54, 1.807) is 18.2 Å².